The molecule has 4 rings (SSSR count). The fraction of sp³-hybridized carbons (Fsp3) is 0.111. The Kier molecular flexibility index (Phi) is 3.06. The Balaban J connectivity index is 2.20. The summed E-state index contributed by atoms with van der Waals surface area (Å²) in [6.07, 6.45) is 2.00. The molecule has 0 aliphatic rings. The molecule has 2 aromatic heterocycles. The maximum atomic E-state index is 6.11. The zero-order chi connectivity index (χ0) is 16.8. The average Bonchev–Trinajstić information content (AvgIpc) is 2.95. The SMILES string of the molecule is COc1ccccc1-c1cc2nc(N)nc(N)c2c2ccn(C)c12. The van der Waals surface area contributed by atoms with Gasteiger partial charge in [0.1, 0.15) is 11.6 Å². The predicted molar refractivity (Wildman–Crippen MR) is 96.8 cm³/mol. The molecule has 24 heavy (non-hydrogen) atoms. The Morgan fingerprint density at radius 3 is 2.62 bits per heavy atom. The van der Waals surface area contributed by atoms with Crippen molar-refractivity contribution in [3.8, 4) is 16.9 Å². The van der Waals surface area contributed by atoms with Crippen LogP contribution in [0.25, 0.3) is 32.9 Å². The van der Waals surface area contributed by atoms with Crippen molar-refractivity contribution in [2.75, 3.05) is 18.6 Å². The van der Waals surface area contributed by atoms with Gasteiger partial charge in [-0.3, -0.25) is 0 Å². The number of hydrogen-bond donors (Lipinski definition) is 2. The van der Waals surface area contributed by atoms with Gasteiger partial charge in [0, 0.05) is 29.8 Å². The number of benzene rings is 2. The third kappa shape index (κ3) is 1.96. The number of para-hydroxylation sites is 1. The Hall–Kier alpha value is -3.28. The molecule has 0 atom stereocenters. The van der Waals surface area contributed by atoms with Crippen molar-refractivity contribution in [2.24, 2.45) is 7.05 Å². The molecule has 0 aliphatic carbocycles. The Bertz CT molecular complexity index is 1080. The zero-order valence-electron chi connectivity index (χ0n) is 13.4. The maximum Gasteiger partial charge on any atom is 0.222 e. The minimum Gasteiger partial charge on any atom is -0.496 e. The number of methoxy groups -OCH3 is 1. The number of nitrogen functional groups attached to an aromatic ring is 2. The number of hydrogen-bond acceptors (Lipinski definition) is 5. The number of ether oxygens (including phenoxy) is 1. The second kappa shape index (κ2) is 5.13. The van der Waals surface area contributed by atoms with E-state index in [4.69, 9.17) is 16.2 Å². The molecule has 2 aromatic carbocycles. The summed E-state index contributed by atoms with van der Waals surface area (Å²) in [5.74, 6) is 1.36. The van der Waals surface area contributed by atoms with Gasteiger partial charge in [-0.1, -0.05) is 18.2 Å². The van der Waals surface area contributed by atoms with Gasteiger partial charge in [-0.2, -0.15) is 4.98 Å². The van der Waals surface area contributed by atoms with Crippen LogP contribution >= 0.6 is 0 Å². The van der Waals surface area contributed by atoms with Crippen LogP contribution in [0.1, 0.15) is 0 Å². The van der Waals surface area contributed by atoms with E-state index in [2.05, 4.69) is 14.5 Å². The highest BCUT2D eigenvalue weighted by molar-refractivity contribution is 6.15. The topological polar surface area (TPSA) is 92.0 Å². The molecular formula is C18H17N5O. The van der Waals surface area contributed by atoms with Crippen molar-refractivity contribution in [3.63, 3.8) is 0 Å². The van der Waals surface area contributed by atoms with Crippen molar-refractivity contribution in [3.05, 3.63) is 42.6 Å². The summed E-state index contributed by atoms with van der Waals surface area (Å²) >= 11 is 0. The quantitative estimate of drug-likeness (QED) is 0.592. The fourth-order valence-corrected chi connectivity index (χ4v) is 3.24. The van der Waals surface area contributed by atoms with E-state index in [1.807, 2.05) is 49.6 Å². The van der Waals surface area contributed by atoms with Crippen molar-refractivity contribution in [1.29, 1.82) is 0 Å². The summed E-state index contributed by atoms with van der Waals surface area (Å²) in [5.41, 5.74) is 15.7. The molecule has 0 bridgehead atoms. The summed E-state index contributed by atoms with van der Waals surface area (Å²) in [7, 11) is 3.67. The lowest BCUT2D eigenvalue weighted by atomic mass is 9.99. The van der Waals surface area contributed by atoms with Crippen molar-refractivity contribution in [2.45, 2.75) is 0 Å². The number of nitrogens with two attached hydrogens (primary N) is 2. The van der Waals surface area contributed by atoms with Gasteiger partial charge >= 0.3 is 0 Å². The zero-order valence-corrected chi connectivity index (χ0v) is 13.4. The Morgan fingerprint density at radius 1 is 1.04 bits per heavy atom. The van der Waals surface area contributed by atoms with Crippen LogP contribution < -0.4 is 16.2 Å². The van der Waals surface area contributed by atoms with Crippen molar-refractivity contribution in [1.82, 2.24) is 14.5 Å². The first-order valence-electron chi connectivity index (χ1n) is 7.54. The van der Waals surface area contributed by atoms with E-state index in [9.17, 15) is 0 Å². The van der Waals surface area contributed by atoms with E-state index in [-0.39, 0.29) is 5.95 Å². The summed E-state index contributed by atoms with van der Waals surface area (Å²) < 4.78 is 7.60. The summed E-state index contributed by atoms with van der Waals surface area (Å²) in [6.45, 7) is 0. The largest absolute Gasteiger partial charge is 0.496 e. The highest BCUT2D eigenvalue weighted by atomic mass is 16.5. The third-order valence-electron chi connectivity index (χ3n) is 4.26. The molecule has 120 valence electrons. The lowest BCUT2D eigenvalue weighted by Gasteiger charge is -2.13. The van der Waals surface area contributed by atoms with Crippen LogP contribution in [0.15, 0.2) is 42.6 Å². The van der Waals surface area contributed by atoms with Gasteiger partial charge in [0.2, 0.25) is 5.95 Å². The van der Waals surface area contributed by atoms with E-state index in [1.54, 1.807) is 7.11 Å². The van der Waals surface area contributed by atoms with Gasteiger partial charge in [0.15, 0.2) is 0 Å². The molecule has 0 unspecified atom stereocenters. The molecule has 2 heterocycles. The smallest absolute Gasteiger partial charge is 0.222 e. The normalized spacial score (nSPS) is 11.2. The Labute approximate surface area is 138 Å². The van der Waals surface area contributed by atoms with Crippen molar-refractivity contribution < 1.29 is 4.74 Å². The molecule has 0 saturated carbocycles. The molecule has 6 heteroatoms. The van der Waals surface area contributed by atoms with Crippen LogP contribution in [0.3, 0.4) is 0 Å². The fourth-order valence-electron chi connectivity index (χ4n) is 3.24. The predicted octanol–water partition coefficient (Wildman–Crippen LogP) is 2.96. The minimum absolute atomic E-state index is 0.168. The Morgan fingerprint density at radius 2 is 1.83 bits per heavy atom. The summed E-state index contributed by atoms with van der Waals surface area (Å²) in [5, 5.41) is 1.81. The molecule has 4 N–H and O–H groups in total. The van der Waals surface area contributed by atoms with E-state index in [0.29, 0.717) is 5.82 Å². The number of aryl methyl sites for hydroxylation is 1. The van der Waals surface area contributed by atoms with Gasteiger partial charge in [-0.05, 0) is 18.2 Å². The maximum absolute atomic E-state index is 6.11. The lowest BCUT2D eigenvalue weighted by Crippen LogP contribution is -2.01. The van der Waals surface area contributed by atoms with Crippen LogP contribution in [0.4, 0.5) is 11.8 Å². The number of nitrogens with zero attached hydrogens (tertiary/aromatic N) is 3. The second-order valence-corrected chi connectivity index (χ2v) is 5.67. The van der Waals surface area contributed by atoms with Gasteiger partial charge in [-0.15, -0.1) is 0 Å². The van der Waals surface area contributed by atoms with Crippen LogP contribution in [-0.2, 0) is 7.05 Å². The number of fused-ring (bicyclic) bond motifs is 3. The highest BCUT2D eigenvalue weighted by Gasteiger charge is 2.17. The lowest BCUT2D eigenvalue weighted by molar-refractivity contribution is 0.416. The third-order valence-corrected chi connectivity index (χ3v) is 4.26. The van der Waals surface area contributed by atoms with E-state index in [0.717, 1.165) is 38.7 Å². The molecular weight excluding hydrogens is 302 g/mol. The second-order valence-electron chi connectivity index (χ2n) is 5.67. The van der Waals surface area contributed by atoms with Crippen LogP contribution in [0, 0.1) is 0 Å². The van der Waals surface area contributed by atoms with E-state index >= 15 is 0 Å². The first-order chi connectivity index (χ1) is 11.6. The van der Waals surface area contributed by atoms with Crippen LogP contribution in [0.2, 0.25) is 0 Å². The first kappa shape index (κ1) is 14.3. The van der Waals surface area contributed by atoms with Crippen LogP contribution in [-0.4, -0.2) is 21.6 Å². The molecule has 0 radical (unpaired) electrons. The molecule has 0 aliphatic heterocycles. The number of rotatable bonds is 2. The average molecular weight is 319 g/mol. The summed E-state index contributed by atoms with van der Waals surface area (Å²) in [6, 6.07) is 11.9. The molecule has 0 saturated heterocycles. The minimum atomic E-state index is 0.168. The number of aromatic nitrogens is 3. The highest BCUT2D eigenvalue weighted by Crippen LogP contribution is 2.39. The van der Waals surface area contributed by atoms with Crippen LogP contribution in [0.5, 0.6) is 5.75 Å². The molecule has 0 amide bonds. The molecule has 6 nitrogen and oxygen atoms in total. The number of anilines is 2. The van der Waals surface area contributed by atoms with E-state index in [1.165, 1.54) is 0 Å². The van der Waals surface area contributed by atoms with Crippen molar-refractivity contribution >= 4 is 33.6 Å². The molecule has 0 fully saturated rings. The summed E-state index contributed by atoms with van der Waals surface area (Å²) in [4.78, 5) is 8.48. The van der Waals surface area contributed by atoms with Gasteiger partial charge < -0.3 is 20.8 Å². The standard InChI is InChI=1S/C18H17N5O/c1-23-8-7-11-15-13(21-18(20)22-17(15)19)9-12(16(11)23)10-5-3-4-6-14(10)24-2/h3-9H,1-2H3,(H4,19,20,21,22). The van der Waals surface area contributed by atoms with Gasteiger partial charge in [0.25, 0.3) is 0 Å². The first-order valence-corrected chi connectivity index (χ1v) is 7.54. The monoisotopic (exact) mass is 319 g/mol. The van der Waals surface area contributed by atoms with Gasteiger partial charge in [-0.25, -0.2) is 4.98 Å². The molecule has 0 spiro atoms. The van der Waals surface area contributed by atoms with E-state index < -0.39 is 0 Å². The molecule has 4 aromatic rings. The van der Waals surface area contributed by atoms with Gasteiger partial charge in [0.05, 0.1) is 23.5 Å².